The van der Waals surface area contributed by atoms with Gasteiger partial charge in [0, 0.05) is 17.9 Å². The number of nitrogens with one attached hydrogen (secondary N) is 1. The molecule has 0 spiro atoms. The zero-order chi connectivity index (χ0) is 22.7. The van der Waals surface area contributed by atoms with Gasteiger partial charge in [0.25, 0.3) is 11.8 Å². The van der Waals surface area contributed by atoms with Crippen molar-refractivity contribution in [1.29, 1.82) is 0 Å². The average Bonchev–Trinajstić information content (AvgIpc) is 2.98. The molecule has 0 aliphatic carbocycles. The summed E-state index contributed by atoms with van der Waals surface area (Å²) in [7, 11) is 0. The summed E-state index contributed by atoms with van der Waals surface area (Å²) < 4.78 is 14.4. The van der Waals surface area contributed by atoms with Crippen LogP contribution in [0.1, 0.15) is 17.0 Å². The number of rotatable bonds is 7. The van der Waals surface area contributed by atoms with E-state index >= 15 is 0 Å². The molecular weight excluding hydrogens is 427 g/mol. The second-order valence-corrected chi connectivity index (χ2v) is 8.28. The van der Waals surface area contributed by atoms with Gasteiger partial charge in [0.1, 0.15) is 16.4 Å². The molecule has 0 unspecified atom stereocenters. The number of halogens is 1. The molecule has 1 aromatic heterocycles. The standard InChI is InChI=1S/C24H21FN4O2S/c1-15-14-16(2)28-24(27-15)32-21-20(26-13-12-17-8-4-3-5-9-17)22(30)29(23(21)31)19-11-7-6-10-18(19)25/h3-11,14,26H,12-13H2,1-2H3. The summed E-state index contributed by atoms with van der Waals surface area (Å²) in [5.74, 6) is -1.85. The Bertz CT molecular complexity index is 1190. The number of benzene rings is 2. The van der Waals surface area contributed by atoms with Crippen molar-refractivity contribution in [3.05, 3.63) is 94.0 Å². The minimum Gasteiger partial charge on any atom is -0.379 e. The summed E-state index contributed by atoms with van der Waals surface area (Å²) in [5, 5.41) is 3.46. The molecule has 1 aliphatic heterocycles. The summed E-state index contributed by atoms with van der Waals surface area (Å²) in [6.45, 7) is 4.10. The van der Waals surface area contributed by atoms with Crippen molar-refractivity contribution >= 4 is 29.3 Å². The Labute approximate surface area is 189 Å². The molecule has 0 saturated carbocycles. The summed E-state index contributed by atoms with van der Waals surface area (Å²) in [4.78, 5) is 36.2. The van der Waals surface area contributed by atoms with E-state index in [2.05, 4.69) is 15.3 Å². The molecule has 8 heteroatoms. The van der Waals surface area contributed by atoms with Crippen LogP contribution in [0.5, 0.6) is 0 Å². The van der Waals surface area contributed by atoms with Crippen molar-refractivity contribution in [2.45, 2.75) is 25.4 Å². The highest BCUT2D eigenvalue weighted by Crippen LogP contribution is 2.36. The van der Waals surface area contributed by atoms with Gasteiger partial charge in [-0.3, -0.25) is 9.59 Å². The lowest BCUT2D eigenvalue weighted by Gasteiger charge is -2.15. The molecule has 0 atom stereocenters. The Balaban J connectivity index is 1.65. The highest BCUT2D eigenvalue weighted by molar-refractivity contribution is 8.04. The molecule has 1 aliphatic rings. The second-order valence-electron chi connectivity index (χ2n) is 7.30. The molecule has 2 amide bonds. The number of aromatic nitrogens is 2. The van der Waals surface area contributed by atoms with E-state index in [9.17, 15) is 14.0 Å². The van der Waals surface area contributed by atoms with Crippen molar-refractivity contribution in [3.63, 3.8) is 0 Å². The van der Waals surface area contributed by atoms with Gasteiger partial charge in [0.15, 0.2) is 5.16 Å². The summed E-state index contributed by atoms with van der Waals surface area (Å²) in [6.07, 6.45) is 0.656. The number of anilines is 1. The van der Waals surface area contributed by atoms with Crippen LogP contribution in [0.4, 0.5) is 10.1 Å². The highest BCUT2D eigenvalue weighted by Gasteiger charge is 2.41. The van der Waals surface area contributed by atoms with Crippen LogP contribution >= 0.6 is 11.8 Å². The number of nitrogens with zero attached hydrogens (tertiary/aromatic N) is 3. The van der Waals surface area contributed by atoms with E-state index in [1.807, 2.05) is 50.2 Å². The van der Waals surface area contributed by atoms with Crippen LogP contribution in [-0.4, -0.2) is 28.3 Å². The van der Waals surface area contributed by atoms with Gasteiger partial charge in [-0.15, -0.1) is 0 Å². The minimum absolute atomic E-state index is 0.0817. The van der Waals surface area contributed by atoms with E-state index in [0.29, 0.717) is 18.1 Å². The van der Waals surface area contributed by atoms with Gasteiger partial charge < -0.3 is 5.32 Å². The van der Waals surface area contributed by atoms with E-state index in [4.69, 9.17) is 0 Å². The van der Waals surface area contributed by atoms with Crippen LogP contribution in [0.15, 0.2) is 76.4 Å². The van der Waals surface area contributed by atoms with E-state index in [1.54, 1.807) is 6.07 Å². The number of hydrogen-bond donors (Lipinski definition) is 1. The fourth-order valence-corrected chi connectivity index (χ4v) is 4.42. The Hall–Kier alpha value is -3.52. The van der Waals surface area contributed by atoms with Crippen molar-refractivity contribution in [2.24, 2.45) is 0 Å². The molecule has 2 aromatic carbocycles. The van der Waals surface area contributed by atoms with E-state index < -0.39 is 17.6 Å². The third kappa shape index (κ3) is 4.55. The van der Waals surface area contributed by atoms with E-state index in [1.165, 1.54) is 18.2 Å². The zero-order valence-electron chi connectivity index (χ0n) is 17.6. The molecule has 2 heterocycles. The number of amides is 2. The Morgan fingerprint density at radius 3 is 2.28 bits per heavy atom. The van der Waals surface area contributed by atoms with Crippen molar-refractivity contribution in [1.82, 2.24) is 15.3 Å². The van der Waals surface area contributed by atoms with E-state index in [-0.39, 0.29) is 16.3 Å². The molecule has 1 N–H and O–H groups in total. The topological polar surface area (TPSA) is 75.2 Å². The zero-order valence-corrected chi connectivity index (χ0v) is 18.4. The van der Waals surface area contributed by atoms with E-state index in [0.717, 1.165) is 33.6 Å². The fourth-order valence-electron chi connectivity index (χ4n) is 3.42. The Morgan fingerprint density at radius 1 is 0.938 bits per heavy atom. The van der Waals surface area contributed by atoms with Crippen LogP contribution < -0.4 is 10.2 Å². The van der Waals surface area contributed by atoms with Crippen molar-refractivity contribution < 1.29 is 14.0 Å². The Morgan fingerprint density at radius 2 is 1.59 bits per heavy atom. The second kappa shape index (κ2) is 9.32. The minimum atomic E-state index is -0.647. The maximum absolute atomic E-state index is 14.4. The first-order valence-electron chi connectivity index (χ1n) is 10.1. The maximum Gasteiger partial charge on any atom is 0.282 e. The highest BCUT2D eigenvalue weighted by atomic mass is 32.2. The molecule has 4 rings (SSSR count). The third-order valence-electron chi connectivity index (χ3n) is 4.85. The van der Waals surface area contributed by atoms with Gasteiger partial charge in [-0.1, -0.05) is 42.5 Å². The van der Waals surface area contributed by atoms with Crippen molar-refractivity contribution in [3.8, 4) is 0 Å². The predicted molar refractivity (Wildman–Crippen MR) is 121 cm³/mol. The molecule has 0 saturated heterocycles. The number of hydrogen-bond acceptors (Lipinski definition) is 6. The first-order chi connectivity index (χ1) is 15.4. The monoisotopic (exact) mass is 448 g/mol. The SMILES string of the molecule is Cc1cc(C)nc(SC2=C(NCCc3ccccc3)C(=O)N(c3ccccc3F)C2=O)n1. The van der Waals surface area contributed by atoms with Crippen LogP contribution in [-0.2, 0) is 16.0 Å². The summed E-state index contributed by atoms with van der Waals surface area (Å²) in [5.41, 5.74) is 2.64. The lowest BCUT2D eigenvalue weighted by molar-refractivity contribution is -0.120. The van der Waals surface area contributed by atoms with Crippen molar-refractivity contribution in [2.75, 3.05) is 11.4 Å². The number of carbonyl (C=O) groups is 2. The Kier molecular flexibility index (Phi) is 6.32. The van der Waals surface area contributed by atoms with Gasteiger partial charge in [0.05, 0.1) is 5.69 Å². The quantitative estimate of drug-likeness (QED) is 0.436. The smallest absolute Gasteiger partial charge is 0.282 e. The largest absolute Gasteiger partial charge is 0.379 e. The molecule has 0 bridgehead atoms. The van der Waals surface area contributed by atoms with Crippen LogP contribution in [0, 0.1) is 19.7 Å². The lowest BCUT2D eigenvalue weighted by Crippen LogP contribution is -2.34. The number of carbonyl (C=O) groups excluding carboxylic acids is 2. The molecule has 6 nitrogen and oxygen atoms in total. The summed E-state index contributed by atoms with van der Waals surface area (Å²) >= 11 is 1.01. The molecular formula is C24H21FN4O2S. The van der Waals surface area contributed by atoms with Crippen LogP contribution in [0.3, 0.4) is 0 Å². The maximum atomic E-state index is 14.4. The van der Waals surface area contributed by atoms with Crippen LogP contribution in [0.25, 0.3) is 0 Å². The lowest BCUT2D eigenvalue weighted by atomic mass is 10.1. The molecule has 32 heavy (non-hydrogen) atoms. The normalized spacial score (nSPS) is 13.8. The van der Waals surface area contributed by atoms with Gasteiger partial charge in [0.2, 0.25) is 0 Å². The molecule has 3 aromatic rings. The first kappa shape index (κ1) is 21.7. The van der Waals surface area contributed by atoms with Gasteiger partial charge in [-0.2, -0.15) is 0 Å². The number of aryl methyl sites for hydroxylation is 2. The molecule has 0 fully saturated rings. The van der Waals surface area contributed by atoms with Gasteiger partial charge in [-0.25, -0.2) is 19.3 Å². The fraction of sp³-hybridized carbons (Fsp3) is 0.167. The van der Waals surface area contributed by atoms with Gasteiger partial charge in [-0.05, 0) is 55.8 Å². The number of para-hydroxylation sites is 1. The average molecular weight is 449 g/mol. The van der Waals surface area contributed by atoms with Gasteiger partial charge >= 0.3 is 0 Å². The third-order valence-corrected chi connectivity index (χ3v) is 5.80. The summed E-state index contributed by atoms with van der Waals surface area (Å²) in [6, 6.07) is 17.3. The predicted octanol–water partition coefficient (Wildman–Crippen LogP) is 3.94. The first-order valence-corrected chi connectivity index (χ1v) is 10.9. The van der Waals surface area contributed by atoms with Crippen LogP contribution in [0.2, 0.25) is 0 Å². The number of thioether (sulfide) groups is 1. The molecule has 162 valence electrons. The number of imide groups is 1. The molecule has 0 radical (unpaired) electrons.